The van der Waals surface area contributed by atoms with E-state index in [-0.39, 0.29) is 12.2 Å². The Morgan fingerprint density at radius 1 is 1.42 bits per heavy atom. The van der Waals surface area contributed by atoms with Gasteiger partial charge in [0.25, 0.3) is 5.56 Å². The van der Waals surface area contributed by atoms with Gasteiger partial charge in [-0.1, -0.05) is 0 Å². The fourth-order valence-electron chi connectivity index (χ4n) is 2.80. The van der Waals surface area contributed by atoms with Crippen LogP contribution in [0, 0.1) is 6.92 Å². The van der Waals surface area contributed by atoms with Crippen molar-refractivity contribution in [1.82, 2.24) is 9.55 Å². The SMILES string of the molecule is COC[C@@H](C)O[C@H]1C(O[PH](=O)O)[C@@H](CO)O[C@H]1n1cc(C)c(=O)[nH]c1=O. The highest BCUT2D eigenvalue weighted by molar-refractivity contribution is 7.32. The minimum absolute atomic E-state index is 0.216. The molecule has 12 heteroatoms. The zero-order valence-electron chi connectivity index (χ0n) is 14.6. The van der Waals surface area contributed by atoms with E-state index in [1.807, 2.05) is 0 Å². The highest BCUT2D eigenvalue weighted by atomic mass is 31.1. The average molecular weight is 394 g/mol. The van der Waals surface area contributed by atoms with Gasteiger partial charge < -0.3 is 28.7 Å². The number of nitrogens with zero attached hydrogens (tertiary/aromatic N) is 1. The van der Waals surface area contributed by atoms with Gasteiger partial charge >= 0.3 is 13.9 Å². The number of methoxy groups -OCH3 is 1. The number of hydrogen-bond acceptors (Lipinski definition) is 8. The maximum Gasteiger partial charge on any atom is 0.330 e. The molecule has 0 aliphatic carbocycles. The second-order valence-electron chi connectivity index (χ2n) is 5.94. The molecule has 0 radical (unpaired) electrons. The molecule has 0 amide bonds. The zero-order valence-corrected chi connectivity index (χ0v) is 15.6. The lowest BCUT2D eigenvalue weighted by molar-refractivity contribution is -0.109. The number of aromatic amines is 1. The molecule has 1 saturated heterocycles. The predicted octanol–water partition coefficient (Wildman–Crippen LogP) is -1.08. The molecule has 0 spiro atoms. The molecule has 0 aromatic carbocycles. The topological polar surface area (TPSA) is 149 Å². The molecule has 0 bridgehead atoms. The Bertz CT molecular complexity index is 749. The molecule has 1 aromatic rings. The normalized spacial score (nSPS) is 28.2. The van der Waals surface area contributed by atoms with E-state index in [4.69, 9.17) is 23.6 Å². The van der Waals surface area contributed by atoms with Gasteiger partial charge in [-0.25, -0.2) is 4.79 Å². The molecule has 1 fully saturated rings. The van der Waals surface area contributed by atoms with Gasteiger partial charge in [0, 0.05) is 18.9 Å². The summed E-state index contributed by atoms with van der Waals surface area (Å²) in [5.41, 5.74) is -1.02. The van der Waals surface area contributed by atoms with Crippen molar-refractivity contribution in [2.45, 2.75) is 44.5 Å². The molecule has 2 unspecified atom stereocenters. The number of aliphatic hydroxyl groups excluding tert-OH is 1. The number of aromatic nitrogens is 2. The molecule has 148 valence electrons. The Morgan fingerprint density at radius 3 is 2.69 bits per heavy atom. The van der Waals surface area contributed by atoms with Gasteiger partial charge in [0.05, 0.1) is 19.3 Å². The summed E-state index contributed by atoms with van der Waals surface area (Å²) in [6.07, 6.45) is -3.34. The number of aliphatic hydroxyl groups is 1. The summed E-state index contributed by atoms with van der Waals surface area (Å²) < 4.78 is 33.8. The summed E-state index contributed by atoms with van der Waals surface area (Å²) in [4.78, 5) is 35.1. The van der Waals surface area contributed by atoms with Crippen LogP contribution in [-0.2, 0) is 23.3 Å². The fourth-order valence-corrected chi connectivity index (χ4v) is 3.32. The summed E-state index contributed by atoms with van der Waals surface area (Å²) >= 11 is 0. The predicted molar refractivity (Wildman–Crippen MR) is 89.4 cm³/mol. The van der Waals surface area contributed by atoms with Gasteiger partial charge in [-0.2, -0.15) is 0 Å². The lowest BCUT2D eigenvalue weighted by Crippen LogP contribution is -2.42. The molecule has 1 aliphatic heterocycles. The lowest BCUT2D eigenvalue weighted by atomic mass is 10.1. The van der Waals surface area contributed by atoms with Crippen molar-refractivity contribution < 1.29 is 33.3 Å². The van der Waals surface area contributed by atoms with Crippen LogP contribution in [0.15, 0.2) is 15.8 Å². The summed E-state index contributed by atoms with van der Waals surface area (Å²) in [5, 5.41) is 9.53. The molecule has 11 nitrogen and oxygen atoms in total. The van der Waals surface area contributed by atoms with Crippen LogP contribution in [0.5, 0.6) is 0 Å². The summed E-state index contributed by atoms with van der Waals surface area (Å²) in [5.74, 6) is 0. The number of aryl methyl sites for hydroxylation is 1. The number of hydrogen-bond donors (Lipinski definition) is 3. The largest absolute Gasteiger partial charge is 0.394 e. The van der Waals surface area contributed by atoms with E-state index < -0.39 is 56.8 Å². The van der Waals surface area contributed by atoms with Crippen LogP contribution in [-0.4, -0.2) is 64.3 Å². The van der Waals surface area contributed by atoms with Gasteiger partial charge in [0.15, 0.2) is 6.23 Å². The Labute approximate surface area is 149 Å². The van der Waals surface area contributed by atoms with E-state index in [1.54, 1.807) is 6.92 Å². The Hall–Kier alpha value is -1.33. The standard InChI is InChI=1S/C14H23N2O9P/c1-7-4-16(14(19)15-12(7)18)13-11(23-8(2)6-22-3)10(25-26(20)21)9(5-17)24-13/h4,8-11,13,17,26H,5-6H2,1-3H3,(H,20,21)(H,15,18,19)/t8-,9-,10?,11+,13-/m1/s1. The molecule has 3 N–H and O–H groups in total. The van der Waals surface area contributed by atoms with Crippen LogP contribution >= 0.6 is 8.25 Å². The van der Waals surface area contributed by atoms with Gasteiger partial charge in [-0.05, 0) is 13.8 Å². The molecule has 1 aromatic heterocycles. The number of nitrogens with one attached hydrogen (secondary N) is 1. The first-order valence-corrected chi connectivity index (χ1v) is 9.17. The van der Waals surface area contributed by atoms with Crippen molar-refractivity contribution in [2.75, 3.05) is 20.3 Å². The second kappa shape index (κ2) is 9.05. The van der Waals surface area contributed by atoms with Crippen molar-refractivity contribution in [2.24, 2.45) is 0 Å². The number of H-pyrrole nitrogens is 1. The van der Waals surface area contributed by atoms with E-state index in [9.17, 15) is 19.3 Å². The third kappa shape index (κ3) is 4.68. The van der Waals surface area contributed by atoms with Gasteiger partial charge in [0.2, 0.25) is 0 Å². The van der Waals surface area contributed by atoms with Gasteiger partial charge in [0.1, 0.15) is 18.3 Å². The zero-order chi connectivity index (χ0) is 19.4. The van der Waals surface area contributed by atoms with E-state index in [0.717, 1.165) is 4.57 Å². The molecular formula is C14H23N2O9P. The maximum absolute atomic E-state index is 12.2. The van der Waals surface area contributed by atoms with E-state index in [2.05, 4.69) is 4.98 Å². The lowest BCUT2D eigenvalue weighted by Gasteiger charge is -2.27. The molecule has 2 heterocycles. The number of ether oxygens (including phenoxy) is 3. The monoisotopic (exact) mass is 394 g/mol. The Morgan fingerprint density at radius 2 is 2.12 bits per heavy atom. The molecule has 6 atom stereocenters. The van der Waals surface area contributed by atoms with Crippen molar-refractivity contribution in [3.63, 3.8) is 0 Å². The highest BCUT2D eigenvalue weighted by Gasteiger charge is 2.48. The molecule has 1 aliphatic rings. The summed E-state index contributed by atoms with van der Waals surface area (Å²) in [6, 6.07) is 0. The van der Waals surface area contributed by atoms with Crippen molar-refractivity contribution in [3.8, 4) is 0 Å². The Kier molecular flexibility index (Phi) is 7.30. The number of rotatable bonds is 8. The third-order valence-electron chi connectivity index (χ3n) is 3.91. The van der Waals surface area contributed by atoms with Crippen LogP contribution in [0.4, 0.5) is 0 Å². The van der Waals surface area contributed by atoms with Crippen LogP contribution in [0.2, 0.25) is 0 Å². The first-order valence-electron chi connectivity index (χ1n) is 7.90. The van der Waals surface area contributed by atoms with Gasteiger partial charge in [-0.15, -0.1) is 0 Å². The van der Waals surface area contributed by atoms with E-state index >= 15 is 0 Å². The van der Waals surface area contributed by atoms with Crippen LogP contribution in [0.3, 0.4) is 0 Å². The minimum atomic E-state index is -3.37. The van der Waals surface area contributed by atoms with Gasteiger partial charge in [-0.3, -0.25) is 18.9 Å². The Balaban J connectivity index is 2.44. The molecular weight excluding hydrogens is 371 g/mol. The maximum atomic E-state index is 12.2. The summed E-state index contributed by atoms with van der Waals surface area (Å²) in [7, 11) is -1.89. The first-order chi connectivity index (χ1) is 12.3. The molecule has 26 heavy (non-hydrogen) atoms. The quantitative estimate of drug-likeness (QED) is 0.468. The highest BCUT2D eigenvalue weighted by Crippen LogP contribution is 2.37. The van der Waals surface area contributed by atoms with E-state index in [1.165, 1.54) is 20.2 Å². The van der Waals surface area contributed by atoms with Crippen molar-refractivity contribution in [1.29, 1.82) is 0 Å². The molecule has 0 saturated carbocycles. The first kappa shape index (κ1) is 21.0. The average Bonchev–Trinajstić information content (AvgIpc) is 2.88. The van der Waals surface area contributed by atoms with Crippen LogP contribution < -0.4 is 11.2 Å². The minimum Gasteiger partial charge on any atom is -0.394 e. The van der Waals surface area contributed by atoms with Crippen molar-refractivity contribution in [3.05, 3.63) is 32.6 Å². The summed E-state index contributed by atoms with van der Waals surface area (Å²) in [6.45, 7) is 2.91. The fraction of sp³-hybridized carbons (Fsp3) is 0.714. The second-order valence-corrected chi connectivity index (χ2v) is 6.71. The molecule has 2 rings (SSSR count). The smallest absolute Gasteiger partial charge is 0.330 e. The van der Waals surface area contributed by atoms with Crippen molar-refractivity contribution >= 4 is 8.25 Å². The van der Waals surface area contributed by atoms with E-state index in [0.29, 0.717) is 0 Å². The van der Waals surface area contributed by atoms with Crippen LogP contribution in [0.1, 0.15) is 18.7 Å². The van der Waals surface area contributed by atoms with Crippen LogP contribution in [0.25, 0.3) is 0 Å². The third-order valence-corrected chi connectivity index (χ3v) is 4.39.